The molecule has 154 valence electrons. The van der Waals surface area contributed by atoms with Gasteiger partial charge in [0.2, 0.25) is 5.91 Å². The zero-order chi connectivity index (χ0) is 20.1. The molecule has 6 heteroatoms. The molecule has 2 aliphatic heterocycles. The van der Waals surface area contributed by atoms with Gasteiger partial charge in [0.15, 0.2) is 0 Å². The summed E-state index contributed by atoms with van der Waals surface area (Å²) >= 11 is 0. The van der Waals surface area contributed by atoms with E-state index in [0.717, 1.165) is 43.6 Å². The smallest absolute Gasteiger partial charge is 0.227 e. The van der Waals surface area contributed by atoms with Gasteiger partial charge in [0.25, 0.3) is 0 Å². The number of carbonyl (C=O) groups excluding carboxylic acids is 1. The Hall–Kier alpha value is -2.28. The van der Waals surface area contributed by atoms with Crippen molar-refractivity contribution in [1.82, 2.24) is 14.8 Å². The molecule has 2 saturated heterocycles. The maximum Gasteiger partial charge on any atom is 0.227 e. The van der Waals surface area contributed by atoms with Crippen LogP contribution in [0.3, 0.4) is 0 Å². The molecule has 1 aromatic carbocycles. The second kappa shape index (κ2) is 9.48. The van der Waals surface area contributed by atoms with Crippen molar-refractivity contribution in [2.45, 2.75) is 37.5 Å². The molecule has 0 radical (unpaired) electrons. The van der Waals surface area contributed by atoms with E-state index in [9.17, 15) is 9.90 Å². The second-order valence-corrected chi connectivity index (χ2v) is 7.92. The van der Waals surface area contributed by atoms with Crippen LogP contribution < -0.4 is 0 Å². The maximum absolute atomic E-state index is 13.2. The molecule has 29 heavy (non-hydrogen) atoms. The summed E-state index contributed by atoms with van der Waals surface area (Å²) in [5.74, 6) is 0.106. The number of ether oxygens (including phenoxy) is 1. The summed E-state index contributed by atoms with van der Waals surface area (Å²) in [6.45, 7) is 3.64. The van der Waals surface area contributed by atoms with Crippen LogP contribution in [0.25, 0.3) is 0 Å². The van der Waals surface area contributed by atoms with Crippen LogP contribution in [-0.2, 0) is 16.0 Å². The Morgan fingerprint density at radius 1 is 1.10 bits per heavy atom. The number of likely N-dealkylation sites (tertiary alicyclic amines) is 1. The third-order valence-corrected chi connectivity index (χ3v) is 5.89. The first-order valence-corrected chi connectivity index (χ1v) is 10.5. The van der Waals surface area contributed by atoms with E-state index in [1.807, 2.05) is 35.2 Å². The van der Waals surface area contributed by atoms with Crippen LogP contribution >= 0.6 is 0 Å². The topological polar surface area (TPSA) is 65.9 Å². The van der Waals surface area contributed by atoms with Crippen LogP contribution in [0.5, 0.6) is 0 Å². The van der Waals surface area contributed by atoms with Gasteiger partial charge < -0.3 is 19.6 Å². The van der Waals surface area contributed by atoms with Crippen LogP contribution in [0.4, 0.5) is 0 Å². The monoisotopic (exact) mass is 395 g/mol. The van der Waals surface area contributed by atoms with Gasteiger partial charge in [-0.2, -0.15) is 0 Å². The summed E-state index contributed by atoms with van der Waals surface area (Å²) in [7, 11) is 0. The Balaban J connectivity index is 1.53. The summed E-state index contributed by atoms with van der Waals surface area (Å²) < 4.78 is 6.19. The van der Waals surface area contributed by atoms with Gasteiger partial charge >= 0.3 is 0 Å². The van der Waals surface area contributed by atoms with Crippen molar-refractivity contribution in [2.24, 2.45) is 0 Å². The minimum absolute atomic E-state index is 0.0840. The number of benzene rings is 1. The van der Waals surface area contributed by atoms with Crippen LogP contribution in [0.1, 0.15) is 30.0 Å². The van der Waals surface area contributed by atoms with E-state index in [0.29, 0.717) is 19.6 Å². The molecule has 2 aromatic rings. The fraction of sp³-hybridized carbons (Fsp3) is 0.478. The largest absolute Gasteiger partial charge is 0.393 e. The van der Waals surface area contributed by atoms with Gasteiger partial charge in [0, 0.05) is 38.6 Å². The van der Waals surface area contributed by atoms with Crippen LogP contribution in [0, 0.1) is 0 Å². The van der Waals surface area contributed by atoms with E-state index in [1.54, 1.807) is 12.4 Å². The number of carbonyl (C=O) groups is 1. The molecule has 1 aromatic heterocycles. The highest BCUT2D eigenvalue weighted by atomic mass is 16.5. The van der Waals surface area contributed by atoms with E-state index in [-0.39, 0.29) is 24.2 Å². The quantitative estimate of drug-likeness (QED) is 0.839. The first kappa shape index (κ1) is 20.0. The van der Waals surface area contributed by atoms with Gasteiger partial charge in [-0.15, -0.1) is 0 Å². The number of hydrogen-bond donors (Lipinski definition) is 1. The highest BCUT2D eigenvalue weighted by Crippen LogP contribution is 2.31. The van der Waals surface area contributed by atoms with E-state index in [4.69, 9.17) is 4.74 Å². The summed E-state index contributed by atoms with van der Waals surface area (Å²) in [5, 5.41) is 9.80. The summed E-state index contributed by atoms with van der Waals surface area (Å²) in [5.41, 5.74) is 2.03. The fourth-order valence-electron chi connectivity index (χ4n) is 4.35. The first-order valence-electron chi connectivity index (χ1n) is 10.5. The number of piperidine rings is 1. The molecule has 4 rings (SSSR count). The molecule has 2 aliphatic rings. The van der Waals surface area contributed by atoms with Gasteiger partial charge in [0.05, 0.1) is 31.3 Å². The van der Waals surface area contributed by atoms with Crippen LogP contribution in [-0.4, -0.2) is 70.8 Å². The summed E-state index contributed by atoms with van der Waals surface area (Å²) in [6, 6.07) is 13.9. The Labute approximate surface area is 172 Å². The van der Waals surface area contributed by atoms with E-state index >= 15 is 0 Å². The van der Waals surface area contributed by atoms with E-state index < -0.39 is 0 Å². The van der Waals surface area contributed by atoms with Gasteiger partial charge in [-0.05, 0) is 30.0 Å². The Morgan fingerprint density at radius 2 is 1.90 bits per heavy atom. The van der Waals surface area contributed by atoms with Crippen molar-refractivity contribution < 1.29 is 14.6 Å². The minimum atomic E-state index is -0.194. The first-order chi connectivity index (χ1) is 14.2. The lowest BCUT2D eigenvalue weighted by Gasteiger charge is -2.44. The fourth-order valence-corrected chi connectivity index (χ4v) is 4.35. The molecule has 2 atom stereocenters. The number of aliphatic hydroxyl groups excluding tert-OH is 1. The Kier molecular flexibility index (Phi) is 6.54. The van der Waals surface area contributed by atoms with Crippen molar-refractivity contribution in [3.63, 3.8) is 0 Å². The lowest BCUT2D eigenvalue weighted by atomic mass is 9.96. The summed E-state index contributed by atoms with van der Waals surface area (Å²) in [4.78, 5) is 21.7. The van der Waals surface area contributed by atoms with Crippen molar-refractivity contribution >= 4 is 5.91 Å². The van der Waals surface area contributed by atoms with Gasteiger partial charge in [-0.1, -0.05) is 36.4 Å². The number of pyridine rings is 1. The number of aliphatic hydroxyl groups is 1. The third-order valence-electron chi connectivity index (χ3n) is 5.89. The van der Waals surface area contributed by atoms with Crippen molar-refractivity contribution in [3.8, 4) is 0 Å². The molecule has 1 amide bonds. The number of morpholine rings is 1. The molecule has 1 N–H and O–H groups in total. The zero-order valence-electron chi connectivity index (χ0n) is 16.7. The Bertz CT molecular complexity index is 778. The van der Waals surface area contributed by atoms with Crippen LogP contribution in [0.2, 0.25) is 0 Å². The number of amides is 1. The average Bonchev–Trinajstić information content (AvgIpc) is 2.76. The maximum atomic E-state index is 13.2. The minimum Gasteiger partial charge on any atom is -0.393 e. The molecule has 0 saturated carbocycles. The predicted octanol–water partition coefficient (Wildman–Crippen LogP) is 2.05. The normalized spacial score (nSPS) is 23.8. The van der Waals surface area contributed by atoms with Gasteiger partial charge in [-0.25, -0.2) is 0 Å². The van der Waals surface area contributed by atoms with Crippen LogP contribution in [0.15, 0.2) is 54.9 Å². The zero-order valence-corrected chi connectivity index (χ0v) is 16.7. The number of rotatable bonds is 5. The molecule has 0 unspecified atom stereocenters. The highest BCUT2D eigenvalue weighted by molar-refractivity contribution is 5.79. The molecule has 0 spiro atoms. The average molecular weight is 396 g/mol. The van der Waals surface area contributed by atoms with Crippen molar-refractivity contribution in [1.29, 1.82) is 0 Å². The summed E-state index contributed by atoms with van der Waals surface area (Å²) in [6.07, 6.45) is 5.15. The Morgan fingerprint density at radius 3 is 2.62 bits per heavy atom. The second-order valence-electron chi connectivity index (χ2n) is 7.92. The lowest BCUT2D eigenvalue weighted by molar-refractivity contribution is -0.148. The molecule has 0 bridgehead atoms. The molecular formula is C23H29N3O3. The van der Waals surface area contributed by atoms with Gasteiger partial charge in [0.1, 0.15) is 0 Å². The van der Waals surface area contributed by atoms with E-state index in [2.05, 4.69) is 22.0 Å². The standard InChI is InChI=1S/C23H29N3O3/c27-20-8-11-25(12-9-20)17-21-23(19-6-2-1-3-7-19)26(13-14-29-21)22(28)15-18-5-4-10-24-16-18/h1-7,10,16,20-21,23,27H,8-9,11-15,17H2/t21-,23-/m0/s1. The predicted molar refractivity (Wildman–Crippen MR) is 110 cm³/mol. The lowest BCUT2D eigenvalue weighted by Crippen LogP contribution is -2.53. The molecule has 0 aliphatic carbocycles. The molecule has 3 heterocycles. The molecular weight excluding hydrogens is 366 g/mol. The molecule has 2 fully saturated rings. The highest BCUT2D eigenvalue weighted by Gasteiger charge is 2.37. The number of aromatic nitrogens is 1. The van der Waals surface area contributed by atoms with Crippen molar-refractivity contribution in [2.75, 3.05) is 32.8 Å². The number of nitrogens with zero attached hydrogens (tertiary/aromatic N) is 3. The van der Waals surface area contributed by atoms with Gasteiger partial charge in [-0.3, -0.25) is 9.78 Å². The van der Waals surface area contributed by atoms with Crippen molar-refractivity contribution in [3.05, 3.63) is 66.0 Å². The third kappa shape index (κ3) is 5.01. The SMILES string of the molecule is O=C(Cc1cccnc1)N1CCO[C@@H](CN2CCC(O)CC2)[C@@H]1c1ccccc1. The number of hydrogen-bond acceptors (Lipinski definition) is 5. The van der Waals surface area contributed by atoms with E-state index in [1.165, 1.54) is 0 Å². The molecule has 6 nitrogen and oxygen atoms in total.